The zero-order valence-corrected chi connectivity index (χ0v) is 21.4. The van der Waals surface area contributed by atoms with Crippen LogP contribution in [0.1, 0.15) is 18.1 Å². The van der Waals surface area contributed by atoms with Crippen LogP contribution in [0.5, 0.6) is 11.5 Å². The zero-order valence-electron chi connectivity index (χ0n) is 18.5. The van der Waals surface area contributed by atoms with Gasteiger partial charge in [0.25, 0.3) is 11.6 Å². The van der Waals surface area contributed by atoms with Crippen LogP contribution >= 0.6 is 34.2 Å². The zero-order chi connectivity index (χ0) is 25.4. The molecule has 0 aliphatic heterocycles. The minimum Gasteiger partial charge on any atom is -0.490 e. The lowest BCUT2D eigenvalue weighted by atomic mass is 10.0. The average Bonchev–Trinajstić information content (AvgIpc) is 2.83. The van der Waals surface area contributed by atoms with Crippen LogP contribution in [-0.4, -0.2) is 24.0 Å². The molecular weight excluding hydrogens is 585 g/mol. The van der Waals surface area contributed by atoms with Gasteiger partial charge in [-0.05, 0) is 95.2 Å². The number of anilines is 1. The van der Waals surface area contributed by atoms with Gasteiger partial charge in [-0.1, -0.05) is 11.6 Å². The van der Waals surface area contributed by atoms with Crippen LogP contribution in [0.15, 0.2) is 60.7 Å². The lowest BCUT2D eigenvalue weighted by Gasteiger charge is -2.15. The molecule has 0 fully saturated rings. The Morgan fingerprint density at radius 1 is 1.17 bits per heavy atom. The highest BCUT2D eigenvalue weighted by Crippen LogP contribution is 2.35. The lowest BCUT2D eigenvalue weighted by molar-refractivity contribution is -0.384. The molecule has 3 aromatic carbocycles. The molecule has 0 aliphatic carbocycles. The summed E-state index contributed by atoms with van der Waals surface area (Å²) in [6.45, 7) is 1.95. The standard InChI is InChI=1S/C25H19ClIN3O5/c1-2-34-23-13-16(11-18(14-28)17-3-9-21(10-4-17)30(32)33)12-22(27)25(23)35-15-24(31)29-20-7-5-19(26)6-8-20/h3-13H,2,15H2,1H3,(H,29,31)/b18-11+. The number of nitrogens with one attached hydrogen (secondary N) is 1. The molecule has 0 unspecified atom stereocenters. The SMILES string of the molecule is CCOc1cc(/C=C(\C#N)c2ccc([N+](=O)[O-])cc2)cc(I)c1OCC(=O)Nc1ccc(Cl)cc1. The maximum atomic E-state index is 12.3. The third-order valence-electron chi connectivity index (χ3n) is 4.63. The van der Waals surface area contributed by atoms with E-state index in [0.717, 1.165) is 0 Å². The van der Waals surface area contributed by atoms with Crippen LogP contribution < -0.4 is 14.8 Å². The molecule has 0 heterocycles. The number of carbonyl (C=O) groups is 1. The van der Waals surface area contributed by atoms with Crippen molar-refractivity contribution in [2.75, 3.05) is 18.5 Å². The highest BCUT2D eigenvalue weighted by Gasteiger charge is 2.15. The second-order valence-corrected chi connectivity index (χ2v) is 8.68. The Balaban J connectivity index is 1.81. The Bertz CT molecular complexity index is 1300. The number of carbonyl (C=O) groups excluding carboxylic acids is 1. The van der Waals surface area contributed by atoms with Crippen molar-refractivity contribution in [3.63, 3.8) is 0 Å². The summed E-state index contributed by atoms with van der Waals surface area (Å²) >= 11 is 7.93. The quantitative estimate of drug-likeness (QED) is 0.100. The van der Waals surface area contributed by atoms with E-state index in [-0.39, 0.29) is 18.2 Å². The molecule has 0 saturated carbocycles. The predicted octanol–water partition coefficient (Wildman–Crippen LogP) is 6.33. The van der Waals surface area contributed by atoms with Gasteiger partial charge in [0.05, 0.1) is 26.7 Å². The normalized spacial score (nSPS) is 10.9. The third-order valence-corrected chi connectivity index (χ3v) is 5.68. The van der Waals surface area contributed by atoms with E-state index in [1.807, 2.05) is 6.92 Å². The van der Waals surface area contributed by atoms with E-state index in [0.29, 0.717) is 49.1 Å². The van der Waals surface area contributed by atoms with Crippen LogP contribution in [0.3, 0.4) is 0 Å². The highest BCUT2D eigenvalue weighted by molar-refractivity contribution is 14.1. The molecule has 10 heteroatoms. The molecular formula is C25H19ClIN3O5. The van der Waals surface area contributed by atoms with Gasteiger partial charge in [0, 0.05) is 22.8 Å². The van der Waals surface area contributed by atoms with Crippen LogP contribution in [0.25, 0.3) is 11.6 Å². The molecule has 1 N–H and O–H groups in total. The number of nitro groups is 1. The maximum Gasteiger partial charge on any atom is 0.269 e. The van der Waals surface area contributed by atoms with E-state index in [1.54, 1.807) is 42.5 Å². The van der Waals surface area contributed by atoms with Gasteiger partial charge in [-0.25, -0.2) is 0 Å². The van der Waals surface area contributed by atoms with Gasteiger partial charge in [-0.15, -0.1) is 0 Å². The van der Waals surface area contributed by atoms with Crippen LogP contribution in [0.2, 0.25) is 5.02 Å². The fourth-order valence-corrected chi connectivity index (χ4v) is 3.96. The third kappa shape index (κ3) is 7.18. The number of rotatable bonds is 9. The average molecular weight is 604 g/mol. The number of ether oxygens (including phenoxy) is 2. The monoisotopic (exact) mass is 603 g/mol. The van der Waals surface area contributed by atoms with E-state index in [9.17, 15) is 20.2 Å². The minimum atomic E-state index is -0.495. The number of benzene rings is 3. The Kier molecular flexibility index (Phi) is 9.05. The number of non-ortho nitro benzene ring substituents is 1. The first-order valence-electron chi connectivity index (χ1n) is 10.3. The molecule has 0 atom stereocenters. The van der Waals surface area contributed by atoms with Crippen molar-refractivity contribution in [3.8, 4) is 17.6 Å². The summed E-state index contributed by atoms with van der Waals surface area (Å²) < 4.78 is 12.2. The summed E-state index contributed by atoms with van der Waals surface area (Å²) in [7, 11) is 0. The number of hydrogen-bond donors (Lipinski definition) is 1. The number of amides is 1. The molecule has 0 bridgehead atoms. The Hall–Kier alpha value is -3.62. The summed E-state index contributed by atoms with van der Waals surface area (Å²) in [5.74, 6) is 0.482. The van der Waals surface area contributed by atoms with Gasteiger partial charge in [0.1, 0.15) is 0 Å². The van der Waals surface area contributed by atoms with Gasteiger partial charge in [-0.3, -0.25) is 14.9 Å². The molecule has 1 amide bonds. The first-order valence-corrected chi connectivity index (χ1v) is 11.8. The molecule has 0 aliphatic rings. The Labute approximate surface area is 220 Å². The first-order chi connectivity index (χ1) is 16.8. The molecule has 0 saturated heterocycles. The number of nitrogens with zero attached hydrogens (tertiary/aromatic N) is 2. The molecule has 35 heavy (non-hydrogen) atoms. The van der Waals surface area contributed by atoms with Crippen molar-refractivity contribution >= 4 is 63.1 Å². The second kappa shape index (κ2) is 12.2. The van der Waals surface area contributed by atoms with E-state index in [2.05, 4.69) is 34.0 Å². The largest absolute Gasteiger partial charge is 0.490 e. The Morgan fingerprint density at radius 2 is 1.86 bits per heavy atom. The highest BCUT2D eigenvalue weighted by atomic mass is 127. The van der Waals surface area contributed by atoms with Gasteiger partial charge in [-0.2, -0.15) is 5.26 Å². The van der Waals surface area contributed by atoms with Crippen molar-refractivity contribution in [1.29, 1.82) is 5.26 Å². The van der Waals surface area contributed by atoms with Crippen molar-refractivity contribution in [1.82, 2.24) is 0 Å². The lowest BCUT2D eigenvalue weighted by Crippen LogP contribution is -2.20. The summed E-state index contributed by atoms with van der Waals surface area (Å²) in [6, 6.07) is 18.1. The number of allylic oxidation sites excluding steroid dienone is 1. The van der Waals surface area contributed by atoms with Gasteiger partial charge >= 0.3 is 0 Å². The van der Waals surface area contributed by atoms with E-state index in [1.165, 1.54) is 24.3 Å². The van der Waals surface area contributed by atoms with Crippen molar-refractivity contribution in [2.24, 2.45) is 0 Å². The molecule has 3 aromatic rings. The smallest absolute Gasteiger partial charge is 0.269 e. The molecule has 178 valence electrons. The van der Waals surface area contributed by atoms with E-state index in [4.69, 9.17) is 21.1 Å². The fraction of sp³-hybridized carbons (Fsp3) is 0.120. The number of halogens is 2. The summed E-state index contributed by atoms with van der Waals surface area (Å²) in [5, 5.41) is 23.8. The van der Waals surface area contributed by atoms with Crippen molar-refractivity contribution < 1.29 is 19.2 Å². The van der Waals surface area contributed by atoms with Crippen LogP contribution in [-0.2, 0) is 4.79 Å². The number of nitro benzene ring substituents is 1. The minimum absolute atomic E-state index is 0.0548. The Morgan fingerprint density at radius 3 is 2.46 bits per heavy atom. The molecule has 0 aromatic heterocycles. The molecule has 8 nitrogen and oxygen atoms in total. The summed E-state index contributed by atoms with van der Waals surface area (Å²) in [4.78, 5) is 22.7. The van der Waals surface area contributed by atoms with Crippen molar-refractivity contribution in [2.45, 2.75) is 6.92 Å². The number of nitriles is 1. The van der Waals surface area contributed by atoms with E-state index < -0.39 is 4.92 Å². The van der Waals surface area contributed by atoms with Crippen LogP contribution in [0, 0.1) is 25.0 Å². The van der Waals surface area contributed by atoms with Gasteiger partial charge in [0.15, 0.2) is 18.1 Å². The molecule has 3 rings (SSSR count). The van der Waals surface area contributed by atoms with E-state index >= 15 is 0 Å². The predicted molar refractivity (Wildman–Crippen MR) is 142 cm³/mol. The second-order valence-electron chi connectivity index (χ2n) is 7.08. The fourth-order valence-electron chi connectivity index (χ4n) is 3.05. The molecule has 0 spiro atoms. The summed E-state index contributed by atoms with van der Waals surface area (Å²) in [6.07, 6.45) is 1.66. The van der Waals surface area contributed by atoms with Crippen molar-refractivity contribution in [3.05, 3.63) is 90.5 Å². The maximum absolute atomic E-state index is 12.3. The number of hydrogen-bond acceptors (Lipinski definition) is 6. The van der Waals surface area contributed by atoms with Gasteiger partial charge in [0.2, 0.25) is 0 Å². The molecule has 0 radical (unpaired) electrons. The van der Waals surface area contributed by atoms with Crippen LogP contribution in [0.4, 0.5) is 11.4 Å². The summed E-state index contributed by atoms with van der Waals surface area (Å²) in [5.41, 5.74) is 2.09. The first kappa shape index (κ1) is 26.0. The topological polar surface area (TPSA) is 114 Å². The van der Waals surface area contributed by atoms with Gasteiger partial charge < -0.3 is 14.8 Å².